The molecule has 0 radical (unpaired) electrons. The molecule has 110 valence electrons. The van der Waals surface area contributed by atoms with Gasteiger partial charge >= 0.3 is 5.97 Å². The Morgan fingerprint density at radius 2 is 2.11 bits per heavy atom. The topological polar surface area (TPSA) is 41.6 Å². The van der Waals surface area contributed by atoms with Crippen molar-refractivity contribution in [3.05, 3.63) is 0 Å². The van der Waals surface area contributed by atoms with E-state index in [1.165, 1.54) is 26.4 Å². The van der Waals surface area contributed by atoms with Crippen LogP contribution in [0.25, 0.3) is 0 Å². The monoisotopic (exact) mass is 268 g/mol. The minimum absolute atomic E-state index is 0.0655. The number of hydrogen-bond acceptors (Lipinski definition) is 4. The fraction of sp³-hybridized carbons (Fsp3) is 0.933. The number of nitrogens with one attached hydrogen (secondary N) is 1. The first-order valence-electron chi connectivity index (χ1n) is 7.73. The zero-order valence-electron chi connectivity index (χ0n) is 12.4. The van der Waals surface area contributed by atoms with E-state index < -0.39 is 0 Å². The van der Waals surface area contributed by atoms with Gasteiger partial charge in [-0.2, -0.15) is 0 Å². The molecule has 1 saturated heterocycles. The van der Waals surface area contributed by atoms with Crippen LogP contribution in [0.3, 0.4) is 0 Å². The van der Waals surface area contributed by atoms with Crippen LogP contribution in [0.4, 0.5) is 0 Å². The molecule has 1 aliphatic heterocycles. The van der Waals surface area contributed by atoms with Gasteiger partial charge in [-0.15, -0.1) is 0 Å². The van der Waals surface area contributed by atoms with Gasteiger partial charge in [0.2, 0.25) is 0 Å². The third-order valence-electron chi connectivity index (χ3n) is 4.23. The fourth-order valence-electron chi connectivity index (χ4n) is 3.07. The second-order valence-electron chi connectivity index (χ2n) is 6.19. The number of carbonyl (C=O) groups is 1. The number of nitrogens with zero attached hydrogens (tertiary/aromatic N) is 1. The summed E-state index contributed by atoms with van der Waals surface area (Å²) in [6, 6.07) is 0.551. The largest absolute Gasteiger partial charge is 0.469 e. The quantitative estimate of drug-likeness (QED) is 0.713. The fourth-order valence-corrected chi connectivity index (χ4v) is 3.07. The molecule has 1 saturated carbocycles. The second kappa shape index (κ2) is 7.25. The first-order valence-corrected chi connectivity index (χ1v) is 7.73. The van der Waals surface area contributed by atoms with Crippen molar-refractivity contribution in [2.24, 2.45) is 11.8 Å². The van der Waals surface area contributed by atoms with Gasteiger partial charge < -0.3 is 15.0 Å². The smallest absolute Gasteiger partial charge is 0.305 e. The molecule has 1 aliphatic carbocycles. The maximum Gasteiger partial charge on any atom is 0.305 e. The van der Waals surface area contributed by atoms with E-state index in [0.717, 1.165) is 38.5 Å². The highest BCUT2D eigenvalue weighted by Gasteiger charge is 2.30. The molecule has 2 atom stereocenters. The predicted molar refractivity (Wildman–Crippen MR) is 76.0 cm³/mol. The number of esters is 1. The molecule has 0 amide bonds. The summed E-state index contributed by atoms with van der Waals surface area (Å²) in [6.07, 6.45) is 5.65. The van der Waals surface area contributed by atoms with Gasteiger partial charge in [-0.25, -0.2) is 0 Å². The van der Waals surface area contributed by atoms with Gasteiger partial charge in [-0.3, -0.25) is 4.79 Å². The van der Waals surface area contributed by atoms with Crippen molar-refractivity contribution in [3.63, 3.8) is 0 Å². The van der Waals surface area contributed by atoms with Crippen LogP contribution in [0, 0.1) is 11.8 Å². The van der Waals surface area contributed by atoms with E-state index in [2.05, 4.69) is 17.1 Å². The Morgan fingerprint density at radius 1 is 1.32 bits per heavy atom. The van der Waals surface area contributed by atoms with Crippen LogP contribution in [-0.4, -0.2) is 50.2 Å². The van der Waals surface area contributed by atoms with Crippen molar-refractivity contribution < 1.29 is 9.53 Å². The van der Waals surface area contributed by atoms with E-state index in [9.17, 15) is 4.79 Å². The highest BCUT2D eigenvalue weighted by atomic mass is 16.5. The van der Waals surface area contributed by atoms with E-state index in [1.807, 2.05) is 0 Å². The molecule has 0 bridgehead atoms. The Hall–Kier alpha value is -0.610. The summed E-state index contributed by atoms with van der Waals surface area (Å²) in [5, 5.41) is 3.70. The Kier molecular flexibility index (Phi) is 5.64. The molecule has 4 nitrogen and oxygen atoms in total. The predicted octanol–water partition coefficient (Wildman–Crippen LogP) is 1.65. The van der Waals surface area contributed by atoms with Gasteiger partial charge in [-0.1, -0.05) is 6.92 Å². The van der Waals surface area contributed by atoms with Gasteiger partial charge in [0.25, 0.3) is 0 Å². The molecule has 1 N–H and O–H groups in total. The maximum atomic E-state index is 11.5. The van der Waals surface area contributed by atoms with E-state index in [-0.39, 0.29) is 5.97 Å². The molecule has 2 unspecified atom stereocenters. The molecular formula is C15H28N2O2. The van der Waals surface area contributed by atoms with E-state index in [4.69, 9.17) is 4.74 Å². The lowest BCUT2D eigenvalue weighted by Crippen LogP contribution is -2.50. The standard InChI is InChI=1S/C15H28N2O2/c1-3-6-17-10-13(8-15(18)19-2)7-14(11-17)16-9-12-4-5-12/h12-14,16H,3-11H2,1-2H3. The summed E-state index contributed by atoms with van der Waals surface area (Å²) >= 11 is 0. The number of rotatable bonds is 7. The first kappa shape index (κ1) is 14.8. The van der Waals surface area contributed by atoms with Crippen molar-refractivity contribution in [3.8, 4) is 0 Å². The summed E-state index contributed by atoms with van der Waals surface area (Å²) in [6.45, 7) is 6.70. The van der Waals surface area contributed by atoms with Crippen molar-refractivity contribution >= 4 is 5.97 Å². The average molecular weight is 268 g/mol. The molecule has 0 aromatic rings. The Balaban J connectivity index is 1.81. The zero-order valence-corrected chi connectivity index (χ0v) is 12.4. The maximum absolute atomic E-state index is 11.5. The van der Waals surface area contributed by atoms with Gasteiger partial charge in [0.1, 0.15) is 0 Å². The Labute approximate surface area is 116 Å². The van der Waals surface area contributed by atoms with Gasteiger partial charge in [-0.05, 0) is 50.6 Å². The molecule has 4 heteroatoms. The van der Waals surface area contributed by atoms with Gasteiger partial charge in [0.05, 0.1) is 7.11 Å². The normalized spacial score (nSPS) is 28.3. The van der Waals surface area contributed by atoms with Crippen LogP contribution >= 0.6 is 0 Å². The summed E-state index contributed by atoms with van der Waals surface area (Å²) in [4.78, 5) is 14.0. The Morgan fingerprint density at radius 3 is 2.74 bits per heavy atom. The van der Waals surface area contributed by atoms with Crippen LogP contribution in [0.1, 0.15) is 39.0 Å². The average Bonchev–Trinajstić information content (AvgIpc) is 3.20. The first-order chi connectivity index (χ1) is 9.21. The lowest BCUT2D eigenvalue weighted by atomic mass is 9.91. The van der Waals surface area contributed by atoms with Crippen LogP contribution in [0.2, 0.25) is 0 Å². The Bertz CT molecular complexity index is 292. The molecule has 1 heterocycles. The zero-order chi connectivity index (χ0) is 13.7. The summed E-state index contributed by atoms with van der Waals surface area (Å²) in [5.41, 5.74) is 0. The van der Waals surface area contributed by atoms with Crippen molar-refractivity contribution in [2.45, 2.75) is 45.1 Å². The molecular weight excluding hydrogens is 240 g/mol. The summed E-state index contributed by atoms with van der Waals surface area (Å²) in [7, 11) is 1.48. The van der Waals surface area contributed by atoms with Crippen molar-refractivity contribution in [1.29, 1.82) is 0 Å². The van der Waals surface area contributed by atoms with Crippen LogP contribution in [-0.2, 0) is 9.53 Å². The highest BCUT2D eigenvalue weighted by Crippen LogP contribution is 2.28. The van der Waals surface area contributed by atoms with Crippen molar-refractivity contribution in [2.75, 3.05) is 33.3 Å². The minimum Gasteiger partial charge on any atom is -0.469 e. The van der Waals surface area contributed by atoms with Gasteiger partial charge in [0.15, 0.2) is 0 Å². The molecule has 19 heavy (non-hydrogen) atoms. The number of methoxy groups -OCH3 is 1. The number of hydrogen-bond donors (Lipinski definition) is 1. The number of carbonyl (C=O) groups excluding carboxylic acids is 1. The van der Waals surface area contributed by atoms with E-state index in [1.54, 1.807) is 0 Å². The van der Waals surface area contributed by atoms with Crippen LogP contribution in [0.5, 0.6) is 0 Å². The van der Waals surface area contributed by atoms with Crippen LogP contribution in [0.15, 0.2) is 0 Å². The SMILES string of the molecule is CCCN1CC(CC(=O)OC)CC(NCC2CC2)C1. The summed E-state index contributed by atoms with van der Waals surface area (Å²) < 4.78 is 4.81. The molecule has 0 aromatic carbocycles. The molecule has 2 rings (SSSR count). The van der Waals surface area contributed by atoms with Crippen LogP contribution < -0.4 is 5.32 Å². The lowest BCUT2D eigenvalue weighted by molar-refractivity contribution is -0.142. The van der Waals surface area contributed by atoms with Gasteiger partial charge in [0, 0.05) is 25.6 Å². The third kappa shape index (κ3) is 5.11. The number of piperidine rings is 1. The lowest BCUT2D eigenvalue weighted by Gasteiger charge is -2.38. The summed E-state index contributed by atoms with van der Waals surface area (Å²) in [5.74, 6) is 1.30. The highest BCUT2D eigenvalue weighted by molar-refractivity contribution is 5.69. The molecule has 2 aliphatic rings. The minimum atomic E-state index is -0.0655. The molecule has 0 aromatic heterocycles. The van der Waals surface area contributed by atoms with Crippen molar-refractivity contribution in [1.82, 2.24) is 10.2 Å². The number of ether oxygens (including phenoxy) is 1. The van der Waals surface area contributed by atoms with E-state index in [0.29, 0.717) is 18.4 Å². The molecule has 0 spiro atoms. The molecule has 2 fully saturated rings. The second-order valence-corrected chi connectivity index (χ2v) is 6.19. The van der Waals surface area contributed by atoms with E-state index >= 15 is 0 Å². The number of likely N-dealkylation sites (tertiary alicyclic amines) is 1. The third-order valence-corrected chi connectivity index (χ3v) is 4.23.